The number of hydrogen-bond donors (Lipinski definition) is 2. The second kappa shape index (κ2) is 9.52. The number of nitrogens with zero attached hydrogens (tertiary/aromatic N) is 1. The Balaban J connectivity index is 2.70. The van der Waals surface area contributed by atoms with Gasteiger partial charge in [-0.25, -0.2) is 9.18 Å². The molecule has 1 atom stereocenters. The summed E-state index contributed by atoms with van der Waals surface area (Å²) < 4.78 is 19.1. The van der Waals surface area contributed by atoms with E-state index in [1.807, 2.05) is 0 Å². The molecule has 0 saturated heterocycles. The van der Waals surface area contributed by atoms with Crippen LogP contribution >= 0.6 is 0 Å². The summed E-state index contributed by atoms with van der Waals surface area (Å²) in [6.45, 7) is 8.99. The van der Waals surface area contributed by atoms with Crippen molar-refractivity contribution in [1.29, 1.82) is 0 Å². The SMILES string of the molecule is CCC(=O)N(CCNC(=O)OC(C)(C)C)CC(O)c1c(C)cccc1F. The maximum atomic E-state index is 14.0. The summed E-state index contributed by atoms with van der Waals surface area (Å²) in [4.78, 5) is 25.2. The van der Waals surface area contributed by atoms with Crippen molar-refractivity contribution >= 4 is 12.0 Å². The van der Waals surface area contributed by atoms with Crippen LogP contribution in [0, 0.1) is 12.7 Å². The molecule has 0 aliphatic carbocycles. The quantitative estimate of drug-likeness (QED) is 0.776. The summed E-state index contributed by atoms with van der Waals surface area (Å²) in [6.07, 6.45) is -1.48. The van der Waals surface area contributed by atoms with Gasteiger partial charge in [-0.15, -0.1) is 0 Å². The number of nitrogens with one attached hydrogen (secondary N) is 1. The van der Waals surface area contributed by atoms with Crippen LogP contribution in [-0.2, 0) is 9.53 Å². The van der Waals surface area contributed by atoms with Crippen molar-refractivity contribution in [3.63, 3.8) is 0 Å². The van der Waals surface area contributed by atoms with E-state index in [-0.39, 0.29) is 37.5 Å². The average Bonchev–Trinajstić information content (AvgIpc) is 2.51. The molecule has 0 saturated carbocycles. The fourth-order valence-corrected chi connectivity index (χ4v) is 2.52. The predicted octanol–water partition coefficient (Wildman–Crippen LogP) is 2.93. The number of aryl methyl sites for hydroxylation is 1. The van der Waals surface area contributed by atoms with E-state index in [0.29, 0.717) is 5.56 Å². The fraction of sp³-hybridized carbons (Fsp3) is 0.579. The zero-order valence-electron chi connectivity index (χ0n) is 16.1. The lowest BCUT2D eigenvalue weighted by Gasteiger charge is -2.26. The standard InChI is InChI=1S/C19H29FN2O4/c1-6-16(24)22(11-10-21-18(25)26-19(3,4)5)12-15(23)17-13(2)8-7-9-14(17)20/h7-9,15,23H,6,10-12H2,1-5H3,(H,21,25). The number of ether oxygens (including phenoxy) is 1. The van der Waals surface area contributed by atoms with E-state index in [9.17, 15) is 19.1 Å². The second-order valence-electron chi connectivity index (χ2n) is 7.11. The van der Waals surface area contributed by atoms with Gasteiger partial charge < -0.3 is 20.1 Å². The van der Waals surface area contributed by atoms with Crippen LogP contribution in [0.15, 0.2) is 18.2 Å². The predicted molar refractivity (Wildman–Crippen MR) is 97.2 cm³/mol. The summed E-state index contributed by atoms with van der Waals surface area (Å²) >= 11 is 0. The maximum absolute atomic E-state index is 14.0. The van der Waals surface area contributed by atoms with Crippen LogP contribution in [0.1, 0.15) is 51.3 Å². The Labute approximate surface area is 154 Å². The lowest BCUT2D eigenvalue weighted by Crippen LogP contribution is -2.41. The van der Waals surface area contributed by atoms with E-state index in [4.69, 9.17) is 4.74 Å². The number of benzene rings is 1. The van der Waals surface area contributed by atoms with Crippen LogP contribution < -0.4 is 5.32 Å². The Hall–Kier alpha value is -2.15. The van der Waals surface area contributed by atoms with Crippen molar-refractivity contribution < 1.29 is 23.8 Å². The van der Waals surface area contributed by atoms with Gasteiger partial charge >= 0.3 is 6.09 Å². The minimum absolute atomic E-state index is 0.0511. The zero-order valence-corrected chi connectivity index (χ0v) is 16.1. The zero-order chi connectivity index (χ0) is 19.9. The highest BCUT2D eigenvalue weighted by atomic mass is 19.1. The number of alkyl carbamates (subject to hydrolysis) is 1. The monoisotopic (exact) mass is 368 g/mol. The molecule has 1 unspecified atom stereocenters. The lowest BCUT2D eigenvalue weighted by atomic mass is 10.0. The summed E-state index contributed by atoms with van der Waals surface area (Å²) in [5, 5.41) is 13.0. The smallest absolute Gasteiger partial charge is 0.407 e. The normalized spacial score (nSPS) is 12.4. The number of rotatable bonds is 7. The Bertz CT molecular complexity index is 608. The number of halogens is 1. The Morgan fingerprint density at radius 3 is 2.54 bits per heavy atom. The lowest BCUT2D eigenvalue weighted by molar-refractivity contribution is -0.132. The molecule has 6 nitrogen and oxygen atoms in total. The average molecular weight is 368 g/mol. The Morgan fingerprint density at radius 2 is 2.00 bits per heavy atom. The van der Waals surface area contributed by atoms with Crippen LogP contribution in [0.3, 0.4) is 0 Å². The van der Waals surface area contributed by atoms with Crippen LogP contribution in [0.25, 0.3) is 0 Å². The molecule has 2 N–H and O–H groups in total. The van der Waals surface area contributed by atoms with Crippen molar-refractivity contribution in [2.45, 2.75) is 52.7 Å². The number of aliphatic hydroxyl groups is 1. The number of carbonyl (C=O) groups is 2. The highest BCUT2D eigenvalue weighted by Gasteiger charge is 2.22. The van der Waals surface area contributed by atoms with E-state index >= 15 is 0 Å². The van der Waals surface area contributed by atoms with E-state index in [1.165, 1.54) is 11.0 Å². The van der Waals surface area contributed by atoms with Gasteiger partial charge in [0.15, 0.2) is 0 Å². The number of aliphatic hydroxyl groups excluding tert-OH is 1. The van der Waals surface area contributed by atoms with Gasteiger partial charge in [0.1, 0.15) is 11.4 Å². The highest BCUT2D eigenvalue weighted by Crippen LogP contribution is 2.22. The first-order chi connectivity index (χ1) is 12.0. The molecule has 0 fully saturated rings. The maximum Gasteiger partial charge on any atom is 0.407 e. The largest absolute Gasteiger partial charge is 0.444 e. The molecule has 0 aliphatic heterocycles. The third-order valence-electron chi connectivity index (χ3n) is 3.70. The minimum atomic E-state index is -1.15. The molecule has 1 aromatic rings. The summed E-state index contributed by atoms with van der Waals surface area (Å²) in [5.41, 5.74) is 0.191. The van der Waals surface area contributed by atoms with Crippen molar-refractivity contribution in [3.05, 3.63) is 35.1 Å². The molecule has 0 radical (unpaired) electrons. The third kappa shape index (κ3) is 7.00. The minimum Gasteiger partial charge on any atom is -0.444 e. The molecule has 26 heavy (non-hydrogen) atoms. The first-order valence-corrected chi connectivity index (χ1v) is 8.72. The fourth-order valence-electron chi connectivity index (χ4n) is 2.52. The molecule has 0 aliphatic rings. The second-order valence-corrected chi connectivity index (χ2v) is 7.11. The summed E-state index contributed by atoms with van der Waals surface area (Å²) in [5.74, 6) is -0.697. The van der Waals surface area contributed by atoms with E-state index in [2.05, 4.69) is 5.32 Å². The Kier molecular flexibility index (Phi) is 8.02. The molecule has 0 spiro atoms. The van der Waals surface area contributed by atoms with Gasteiger partial charge in [-0.1, -0.05) is 19.1 Å². The third-order valence-corrected chi connectivity index (χ3v) is 3.70. The molecule has 7 heteroatoms. The van der Waals surface area contributed by atoms with Crippen molar-refractivity contribution in [2.75, 3.05) is 19.6 Å². The van der Waals surface area contributed by atoms with Gasteiger partial charge in [0.2, 0.25) is 5.91 Å². The van der Waals surface area contributed by atoms with Crippen molar-refractivity contribution in [1.82, 2.24) is 10.2 Å². The van der Waals surface area contributed by atoms with E-state index < -0.39 is 23.6 Å². The van der Waals surface area contributed by atoms with Crippen molar-refractivity contribution in [2.24, 2.45) is 0 Å². The van der Waals surface area contributed by atoms with Crippen molar-refractivity contribution in [3.8, 4) is 0 Å². The topological polar surface area (TPSA) is 78.9 Å². The first-order valence-electron chi connectivity index (χ1n) is 8.72. The van der Waals surface area contributed by atoms with E-state index in [0.717, 1.165) is 0 Å². The van der Waals surface area contributed by atoms with Crippen LogP contribution in [-0.4, -0.2) is 47.2 Å². The number of amides is 2. The van der Waals surface area contributed by atoms with Gasteiger partial charge in [0.05, 0.1) is 12.6 Å². The van der Waals surface area contributed by atoms with Gasteiger partial charge in [0.25, 0.3) is 0 Å². The molecule has 2 amide bonds. The molecule has 146 valence electrons. The van der Waals surface area contributed by atoms with Crippen LogP contribution in [0.2, 0.25) is 0 Å². The molecule has 0 aromatic heterocycles. The van der Waals surface area contributed by atoms with Crippen LogP contribution in [0.4, 0.5) is 9.18 Å². The van der Waals surface area contributed by atoms with Gasteiger partial charge in [-0.05, 0) is 39.3 Å². The summed E-state index contributed by atoms with van der Waals surface area (Å²) in [7, 11) is 0. The highest BCUT2D eigenvalue weighted by molar-refractivity contribution is 5.76. The molecule has 1 aromatic carbocycles. The molecule has 0 bridgehead atoms. The van der Waals surface area contributed by atoms with E-state index in [1.54, 1.807) is 46.8 Å². The van der Waals surface area contributed by atoms with Gasteiger partial charge in [-0.3, -0.25) is 4.79 Å². The Morgan fingerprint density at radius 1 is 1.35 bits per heavy atom. The molecule has 0 heterocycles. The summed E-state index contributed by atoms with van der Waals surface area (Å²) in [6, 6.07) is 4.56. The molecule has 1 rings (SSSR count). The van der Waals surface area contributed by atoms with Gasteiger partial charge in [0, 0.05) is 25.1 Å². The number of hydrogen-bond acceptors (Lipinski definition) is 4. The molecular formula is C19H29FN2O4. The number of carbonyl (C=O) groups excluding carboxylic acids is 2. The van der Waals surface area contributed by atoms with Crippen LogP contribution in [0.5, 0.6) is 0 Å². The van der Waals surface area contributed by atoms with Gasteiger partial charge in [-0.2, -0.15) is 0 Å². The first kappa shape index (κ1) is 21.9. The molecular weight excluding hydrogens is 339 g/mol.